The summed E-state index contributed by atoms with van der Waals surface area (Å²) in [4.78, 5) is 22.2. The molecule has 0 atom stereocenters. The number of hydrogen-bond acceptors (Lipinski definition) is 3. The zero-order valence-electron chi connectivity index (χ0n) is 8.54. The second kappa shape index (κ2) is 4.94. The first-order valence-electron chi connectivity index (χ1n) is 4.44. The fraction of sp³-hybridized carbons (Fsp3) is 0.273. The molecule has 0 aliphatic heterocycles. The van der Waals surface area contributed by atoms with Crippen LogP contribution in [0.25, 0.3) is 0 Å². The summed E-state index contributed by atoms with van der Waals surface area (Å²) in [5.74, 6) is -0.763. The van der Waals surface area contributed by atoms with Gasteiger partial charge < -0.3 is 4.74 Å². The molecule has 0 unspecified atom stereocenters. The van der Waals surface area contributed by atoms with Gasteiger partial charge in [0.2, 0.25) is 5.78 Å². The van der Waals surface area contributed by atoms with Crippen molar-refractivity contribution in [1.29, 1.82) is 0 Å². The van der Waals surface area contributed by atoms with Crippen molar-refractivity contribution in [3.63, 3.8) is 0 Å². The van der Waals surface area contributed by atoms with Crippen LogP contribution >= 0.6 is 11.6 Å². The van der Waals surface area contributed by atoms with Crippen molar-refractivity contribution >= 4 is 23.4 Å². The van der Waals surface area contributed by atoms with E-state index in [-0.39, 0.29) is 12.4 Å². The molecular formula is C11H11ClO3. The Balaban J connectivity index is 2.86. The summed E-state index contributed by atoms with van der Waals surface area (Å²) in [6.07, 6.45) is 0. The first kappa shape index (κ1) is 11.7. The van der Waals surface area contributed by atoms with Gasteiger partial charge in [-0.1, -0.05) is 23.7 Å². The van der Waals surface area contributed by atoms with Gasteiger partial charge in [0, 0.05) is 12.5 Å². The Labute approximate surface area is 93.0 Å². The third-order valence-electron chi connectivity index (χ3n) is 1.91. The van der Waals surface area contributed by atoms with E-state index in [1.807, 2.05) is 0 Å². The first-order chi connectivity index (χ1) is 7.02. The molecule has 0 bridgehead atoms. The third kappa shape index (κ3) is 3.06. The minimum Gasteiger partial charge on any atom is -0.457 e. The van der Waals surface area contributed by atoms with E-state index in [1.165, 1.54) is 6.92 Å². The Morgan fingerprint density at radius 1 is 1.40 bits per heavy atom. The van der Waals surface area contributed by atoms with Gasteiger partial charge >= 0.3 is 5.97 Å². The highest BCUT2D eigenvalue weighted by Crippen LogP contribution is 2.19. The predicted octanol–water partition coefficient (Wildman–Crippen LogP) is 2.39. The van der Waals surface area contributed by atoms with E-state index < -0.39 is 5.97 Å². The van der Waals surface area contributed by atoms with Gasteiger partial charge in [-0.2, -0.15) is 0 Å². The fourth-order valence-electron chi connectivity index (χ4n) is 1.22. The van der Waals surface area contributed by atoms with E-state index in [9.17, 15) is 9.59 Å². The maximum atomic E-state index is 11.6. The van der Waals surface area contributed by atoms with Gasteiger partial charge in [0.15, 0.2) is 6.61 Å². The topological polar surface area (TPSA) is 43.4 Å². The summed E-state index contributed by atoms with van der Waals surface area (Å²) in [6, 6.07) is 5.18. The third-order valence-corrected chi connectivity index (χ3v) is 2.22. The second-order valence-electron chi connectivity index (χ2n) is 3.14. The highest BCUT2D eigenvalue weighted by atomic mass is 35.5. The van der Waals surface area contributed by atoms with Crippen molar-refractivity contribution in [3.8, 4) is 0 Å². The number of aryl methyl sites for hydroxylation is 1. The summed E-state index contributed by atoms with van der Waals surface area (Å²) in [6.45, 7) is 2.78. The molecule has 0 radical (unpaired) electrons. The monoisotopic (exact) mass is 226 g/mol. The number of carbonyl (C=O) groups excluding carboxylic acids is 2. The lowest BCUT2D eigenvalue weighted by Crippen LogP contribution is -2.13. The zero-order valence-corrected chi connectivity index (χ0v) is 9.30. The maximum Gasteiger partial charge on any atom is 0.303 e. The molecule has 3 nitrogen and oxygen atoms in total. The molecule has 1 aromatic carbocycles. The maximum absolute atomic E-state index is 11.6. The van der Waals surface area contributed by atoms with Crippen LogP contribution in [0.3, 0.4) is 0 Å². The van der Waals surface area contributed by atoms with Crippen molar-refractivity contribution < 1.29 is 14.3 Å². The highest BCUT2D eigenvalue weighted by molar-refractivity contribution is 6.34. The molecule has 0 saturated carbocycles. The Morgan fingerprint density at radius 2 is 2.07 bits per heavy atom. The number of ketones is 1. The van der Waals surface area contributed by atoms with Gasteiger partial charge in [0.25, 0.3) is 0 Å². The summed E-state index contributed by atoms with van der Waals surface area (Å²) in [7, 11) is 0. The van der Waals surface area contributed by atoms with Crippen molar-refractivity contribution in [2.45, 2.75) is 13.8 Å². The zero-order chi connectivity index (χ0) is 11.4. The van der Waals surface area contributed by atoms with Gasteiger partial charge in [0.1, 0.15) is 0 Å². The molecule has 0 fully saturated rings. The van der Waals surface area contributed by atoms with Crippen LogP contribution in [-0.4, -0.2) is 18.4 Å². The molecule has 0 aliphatic carbocycles. The van der Waals surface area contributed by atoms with Gasteiger partial charge in [-0.15, -0.1) is 0 Å². The van der Waals surface area contributed by atoms with E-state index >= 15 is 0 Å². The normalized spacial score (nSPS) is 9.80. The SMILES string of the molecule is CC(=O)OCC(=O)c1c(C)cccc1Cl. The van der Waals surface area contributed by atoms with Crippen LogP contribution in [0, 0.1) is 6.92 Å². The second-order valence-corrected chi connectivity index (χ2v) is 3.54. The van der Waals surface area contributed by atoms with Crippen LogP contribution in [0.4, 0.5) is 0 Å². The van der Waals surface area contributed by atoms with Gasteiger partial charge in [-0.25, -0.2) is 0 Å². The van der Waals surface area contributed by atoms with E-state index in [0.29, 0.717) is 10.6 Å². The molecule has 4 heteroatoms. The Morgan fingerprint density at radius 3 is 2.60 bits per heavy atom. The van der Waals surface area contributed by atoms with Crippen LogP contribution in [0.1, 0.15) is 22.8 Å². The Bertz CT molecular complexity index is 379. The lowest BCUT2D eigenvalue weighted by atomic mass is 10.1. The van der Waals surface area contributed by atoms with Crippen LogP contribution in [0.15, 0.2) is 18.2 Å². The molecule has 0 aliphatic rings. The van der Waals surface area contributed by atoms with Crippen molar-refractivity contribution in [2.24, 2.45) is 0 Å². The summed E-state index contributed by atoms with van der Waals surface area (Å²) in [5.41, 5.74) is 1.19. The molecule has 0 amide bonds. The lowest BCUT2D eigenvalue weighted by Gasteiger charge is -2.06. The molecular weight excluding hydrogens is 216 g/mol. The number of Topliss-reactive ketones (excluding diaryl/α,β-unsaturated/α-hetero) is 1. The fourth-order valence-corrected chi connectivity index (χ4v) is 1.55. The predicted molar refractivity (Wildman–Crippen MR) is 57.2 cm³/mol. The standard InChI is InChI=1S/C11H11ClO3/c1-7-4-3-5-9(12)11(7)10(14)6-15-8(2)13/h3-5H,6H2,1-2H3. The molecule has 1 aromatic rings. The smallest absolute Gasteiger partial charge is 0.303 e. The number of ether oxygens (including phenoxy) is 1. The molecule has 0 heterocycles. The van der Waals surface area contributed by atoms with Gasteiger partial charge in [-0.3, -0.25) is 9.59 Å². The average Bonchev–Trinajstić information content (AvgIpc) is 2.14. The number of esters is 1. The molecule has 0 spiro atoms. The molecule has 0 saturated heterocycles. The lowest BCUT2D eigenvalue weighted by molar-refractivity contribution is -0.139. The van der Waals surface area contributed by atoms with E-state index in [0.717, 1.165) is 5.56 Å². The van der Waals surface area contributed by atoms with Crippen molar-refractivity contribution in [3.05, 3.63) is 34.3 Å². The number of hydrogen-bond donors (Lipinski definition) is 0. The Kier molecular flexibility index (Phi) is 3.86. The van der Waals surface area contributed by atoms with Crippen LogP contribution < -0.4 is 0 Å². The molecule has 1 rings (SSSR count). The van der Waals surface area contributed by atoms with Crippen molar-refractivity contribution in [1.82, 2.24) is 0 Å². The van der Waals surface area contributed by atoms with Crippen LogP contribution in [0.2, 0.25) is 5.02 Å². The summed E-state index contributed by atoms with van der Waals surface area (Å²) < 4.78 is 4.62. The van der Waals surface area contributed by atoms with Crippen LogP contribution in [0.5, 0.6) is 0 Å². The van der Waals surface area contributed by atoms with Crippen molar-refractivity contribution in [2.75, 3.05) is 6.61 Å². The van der Waals surface area contributed by atoms with E-state index in [1.54, 1.807) is 25.1 Å². The summed E-state index contributed by atoms with van der Waals surface area (Å²) >= 11 is 5.88. The minimum atomic E-state index is -0.479. The minimum absolute atomic E-state index is 0.264. The quantitative estimate of drug-likeness (QED) is 0.587. The summed E-state index contributed by atoms with van der Waals surface area (Å²) in [5, 5.41) is 0.382. The number of carbonyl (C=O) groups is 2. The largest absolute Gasteiger partial charge is 0.457 e. The molecule has 80 valence electrons. The molecule has 0 aromatic heterocycles. The number of rotatable bonds is 3. The van der Waals surface area contributed by atoms with E-state index in [4.69, 9.17) is 11.6 Å². The number of benzene rings is 1. The van der Waals surface area contributed by atoms with Crippen LogP contribution in [-0.2, 0) is 9.53 Å². The molecule has 0 N–H and O–H groups in total. The average molecular weight is 227 g/mol. The van der Waals surface area contributed by atoms with E-state index in [2.05, 4.69) is 4.74 Å². The van der Waals surface area contributed by atoms with Gasteiger partial charge in [-0.05, 0) is 18.6 Å². The Hall–Kier alpha value is -1.35. The number of halogens is 1. The highest BCUT2D eigenvalue weighted by Gasteiger charge is 2.13. The van der Waals surface area contributed by atoms with Gasteiger partial charge in [0.05, 0.1) is 5.02 Å². The molecule has 15 heavy (non-hydrogen) atoms. The first-order valence-corrected chi connectivity index (χ1v) is 4.82.